The molecule has 22 heavy (non-hydrogen) atoms. The SMILES string of the molecule is O=C(Nc1nc2ccccc2s1)c1cc2cccc(Br)c2o1. The quantitative estimate of drug-likeness (QED) is 0.535. The lowest BCUT2D eigenvalue weighted by atomic mass is 10.2. The maximum atomic E-state index is 12.3. The molecule has 1 amide bonds. The highest BCUT2D eigenvalue weighted by molar-refractivity contribution is 9.10. The van der Waals surface area contributed by atoms with Gasteiger partial charge in [-0.2, -0.15) is 0 Å². The van der Waals surface area contributed by atoms with Gasteiger partial charge in [-0.3, -0.25) is 10.1 Å². The van der Waals surface area contributed by atoms with E-state index in [9.17, 15) is 4.79 Å². The molecule has 0 saturated heterocycles. The molecular formula is C16H9BrN2O2S. The molecule has 0 aliphatic heterocycles. The van der Waals surface area contributed by atoms with E-state index >= 15 is 0 Å². The van der Waals surface area contributed by atoms with Gasteiger partial charge in [0.25, 0.3) is 5.91 Å². The molecule has 0 fully saturated rings. The average Bonchev–Trinajstić information content (AvgIpc) is 3.10. The molecule has 0 aliphatic carbocycles. The van der Waals surface area contributed by atoms with Crippen molar-refractivity contribution in [2.24, 2.45) is 0 Å². The molecule has 2 aromatic heterocycles. The van der Waals surface area contributed by atoms with Crippen LogP contribution in [0.25, 0.3) is 21.2 Å². The molecule has 0 radical (unpaired) electrons. The molecule has 4 aromatic rings. The summed E-state index contributed by atoms with van der Waals surface area (Å²) < 4.78 is 7.48. The van der Waals surface area contributed by atoms with Gasteiger partial charge in [0, 0.05) is 5.39 Å². The zero-order chi connectivity index (χ0) is 15.1. The van der Waals surface area contributed by atoms with Gasteiger partial charge in [-0.25, -0.2) is 4.98 Å². The first-order valence-corrected chi connectivity index (χ1v) is 8.17. The van der Waals surface area contributed by atoms with Crippen LogP contribution in [0.4, 0.5) is 5.13 Å². The van der Waals surface area contributed by atoms with Crippen LogP contribution < -0.4 is 5.32 Å². The highest BCUT2D eigenvalue weighted by Crippen LogP contribution is 2.29. The van der Waals surface area contributed by atoms with E-state index in [1.165, 1.54) is 11.3 Å². The molecule has 4 nitrogen and oxygen atoms in total. The number of thiazole rings is 1. The predicted octanol–water partition coefficient (Wildman–Crippen LogP) is 5.06. The second-order valence-corrected chi connectivity index (χ2v) is 6.59. The highest BCUT2D eigenvalue weighted by atomic mass is 79.9. The summed E-state index contributed by atoms with van der Waals surface area (Å²) in [5, 5.41) is 4.23. The maximum absolute atomic E-state index is 12.3. The van der Waals surface area contributed by atoms with E-state index in [1.807, 2.05) is 42.5 Å². The lowest BCUT2D eigenvalue weighted by Crippen LogP contribution is -2.10. The highest BCUT2D eigenvalue weighted by Gasteiger charge is 2.15. The van der Waals surface area contributed by atoms with Crippen LogP contribution in [0.1, 0.15) is 10.6 Å². The Kier molecular flexibility index (Phi) is 3.20. The number of rotatable bonds is 2. The van der Waals surface area contributed by atoms with Gasteiger partial charge in [-0.15, -0.1) is 0 Å². The molecule has 2 aromatic carbocycles. The first-order valence-electron chi connectivity index (χ1n) is 6.56. The van der Waals surface area contributed by atoms with Gasteiger partial charge < -0.3 is 4.42 Å². The van der Waals surface area contributed by atoms with E-state index in [0.717, 1.165) is 20.1 Å². The fraction of sp³-hybridized carbons (Fsp3) is 0. The van der Waals surface area contributed by atoms with Gasteiger partial charge in [0.2, 0.25) is 0 Å². The molecule has 0 aliphatic rings. The second-order valence-electron chi connectivity index (χ2n) is 4.71. The van der Waals surface area contributed by atoms with E-state index in [4.69, 9.17) is 4.42 Å². The first-order chi connectivity index (χ1) is 10.7. The Balaban J connectivity index is 1.66. The number of nitrogens with one attached hydrogen (secondary N) is 1. The number of benzene rings is 2. The summed E-state index contributed by atoms with van der Waals surface area (Å²) in [6.45, 7) is 0. The van der Waals surface area contributed by atoms with Crippen LogP contribution in [0.3, 0.4) is 0 Å². The van der Waals surface area contributed by atoms with Crippen molar-refractivity contribution >= 4 is 59.5 Å². The molecule has 0 unspecified atom stereocenters. The Morgan fingerprint density at radius 2 is 2.05 bits per heavy atom. The van der Waals surface area contributed by atoms with Crippen molar-refractivity contribution in [3.63, 3.8) is 0 Å². The molecule has 6 heteroatoms. The van der Waals surface area contributed by atoms with E-state index in [1.54, 1.807) is 6.07 Å². The lowest BCUT2D eigenvalue weighted by Gasteiger charge is -1.96. The summed E-state index contributed by atoms with van der Waals surface area (Å²) in [7, 11) is 0. The summed E-state index contributed by atoms with van der Waals surface area (Å²) in [4.78, 5) is 16.7. The van der Waals surface area contributed by atoms with Crippen LogP contribution in [0.15, 0.2) is 57.4 Å². The van der Waals surface area contributed by atoms with E-state index in [-0.39, 0.29) is 11.7 Å². The number of nitrogens with zero attached hydrogens (tertiary/aromatic N) is 1. The molecule has 0 saturated carbocycles. The number of fused-ring (bicyclic) bond motifs is 2. The van der Waals surface area contributed by atoms with Gasteiger partial charge in [0.1, 0.15) is 5.58 Å². The van der Waals surface area contributed by atoms with Crippen LogP contribution in [0.2, 0.25) is 0 Å². The number of hydrogen-bond acceptors (Lipinski definition) is 4. The van der Waals surface area contributed by atoms with Gasteiger partial charge in [0.05, 0.1) is 14.7 Å². The van der Waals surface area contributed by atoms with E-state index in [0.29, 0.717) is 10.7 Å². The van der Waals surface area contributed by atoms with Crippen molar-refractivity contribution in [3.05, 3.63) is 58.8 Å². The fourth-order valence-corrected chi connectivity index (χ4v) is 3.55. The number of anilines is 1. The topological polar surface area (TPSA) is 55.1 Å². The number of amides is 1. The smallest absolute Gasteiger partial charge is 0.293 e. The number of para-hydroxylation sites is 2. The van der Waals surface area contributed by atoms with Gasteiger partial charge in [-0.1, -0.05) is 35.6 Å². The number of hydrogen-bond donors (Lipinski definition) is 1. The summed E-state index contributed by atoms with van der Waals surface area (Å²) in [5.74, 6) is -0.0386. The van der Waals surface area contributed by atoms with Crippen LogP contribution >= 0.6 is 27.3 Å². The molecule has 0 spiro atoms. The summed E-state index contributed by atoms with van der Waals surface area (Å²) in [5.41, 5.74) is 1.53. The monoisotopic (exact) mass is 372 g/mol. The Morgan fingerprint density at radius 1 is 1.18 bits per heavy atom. The number of carbonyl (C=O) groups is 1. The van der Waals surface area contributed by atoms with Crippen molar-refractivity contribution in [2.75, 3.05) is 5.32 Å². The van der Waals surface area contributed by atoms with Crippen molar-refractivity contribution in [3.8, 4) is 0 Å². The predicted molar refractivity (Wildman–Crippen MR) is 91.5 cm³/mol. The third kappa shape index (κ3) is 2.30. The van der Waals surface area contributed by atoms with Gasteiger partial charge in [-0.05, 0) is 40.2 Å². The Hall–Kier alpha value is -2.18. The Bertz CT molecular complexity index is 973. The standard InChI is InChI=1S/C16H9BrN2O2S/c17-10-5-3-4-9-8-12(21-14(9)10)15(20)19-16-18-11-6-1-2-7-13(11)22-16/h1-8H,(H,18,19,20). The fourth-order valence-electron chi connectivity index (χ4n) is 2.22. The van der Waals surface area contributed by atoms with Crippen molar-refractivity contribution in [1.29, 1.82) is 0 Å². The summed E-state index contributed by atoms with van der Waals surface area (Å²) in [6, 6.07) is 15.2. The zero-order valence-electron chi connectivity index (χ0n) is 11.2. The third-order valence-electron chi connectivity index (χ3n) is 3.23. The molecule has 2 heterocycles. The van der Waals surface area contributed by atoms with Crippen LogP contribution in [-0.4, -0.2) is 10.9 Å². The van der Waals surface area contributed by atoms with Crippen LogP contribution in [-0.2, 0) is 0 Å². The second kappa shape index (κ2) is 5.23. The van der Waals surface area contributed by atoms with Crippen molar-refractivity contribution in [1.82, 2.24) is 4.98 Å². The Labute approximate surface area is 137 Å². The number of aromatic nitrogens is 1. The van der Waals surface area contributed by atoms with Crippen molar-refractivity contribution in [2.45, 2.75) is 0 Å². The normalized spacial score (nSPS) is 11.1. The van der Waals surface area contributed by atoms with E-state index in [2.05, 4.69) is 26.2 Å². The molecule has 108 valence electrons. The minimum atomic E-state index is -0.304. The average molecular weight is 373 g/mol. The lowest BCUT2D eigenvalue weighted by molar-refractivity contribution is 0.0998. The molecule has 4 rings (SSSR count). The maximum Gasteiger partial charge on any atom is 0.293 e. The van der Waals surface area contributed by atoms with Crippen LogP contribution in [0.5, 0.6) is 0 Å². The van der Waals surface area contributed by atoms with Gasteiger partial charge >= 0.3 is 0 Å². The van der Waals surface area contributed by atoms with Crippen LogP contribution in [0, 0.1) is 0 Å². The number of carbonyl (C=O) groups excluding carboxylic acids is 1. The molecule has 0 bridgehead atoms. The first kappa shape index (κ1) is 13.5. The number of halogens is 1. The van der Waals surface area contributed by atoms with Gasteiger partial charge in [0.15, 0.2) is 10.9 Å². The molecule has 0 atom stereocenters. The largest absolute Gasteiger partial charge is 0.450 e. The Morgan fingerprint density at radius 3 is 2.86 bits per heavy atom. The molecular weight excluding hydrogens is 364 g/mol. The minimum absolute atomic E-state index is 0.265. The minimum Gasteiger partial charge on any atom is -0.450 e. The summed E-state index contributed by atoms with van der Waals surface area (Å²) >= 11 is 4.85. The third-order valence-corrected chi connectivity index (χ3v) is 4.81. The van der Waals surface area contributed by atoms with E-state index < -0.39 is 0 Å². The summed E-state index contributed by atoms with van der Waals surface area (Å²) in [6.07, 6.45) is 0. The molecule has 1 N–H and O–H groups in total. The van der Waals surface area contributed by atoms with Crippen molar-refractivity contribution < 1.29 is 9.21 Å². The zero-order valence-corrected chi connectivity index (χ0v) is 13.6. The number of furan rings is 1.